The predicted octanol–water partition coefficient (Wildman–Crippen LogP) is 3.51. The van der Waals surface area contributed by atoms with Crippen molar-refractivity contribution < 1.29 is 9.59 Å². The molecule has 2 N–H and O–H groups in total. The zero-order chi connectivity index (χ0) is 15.4. The average Bonchev–Trinajstić information content (AvgIpc) is 2.42. The minimum Gasteiger partial charge on any atom is -0.326 e. The number of carbonyl (C=O) groups is 2. The lowest BCUT2D eigenvalue weighted by molar-refractivity contribution is -0.114. The summed E-state index contributed by atoms with van der Waals surface area (Å²) >= 11 is 0. The normalized spacial score (nSPS) is 10.0. The Morgan fingerprint density at radius 2 is 1.62 bits per heavy atom. The van der Waals surface area contributed by atoms with Gasteiger partial charge in [0, 0.05) is 23.9 Å². The number of carbonyl (C=O) groups excluding carboxylic acids is 2. The molecule has 108 valence electrons. The van der Waals surface area contributed by atoms with Gasteiger partial charge >= 0.3 is 0 Å². The van der Waals surface area contributed by atoms with Crippen molar-refractivity contribution in [1.82, 2.24) is 0 Å². The first-order valence-corrected chi connectivity index (χ1v) is 6.72. The molecule has 2 aromatic carbocycles. The molecule has 4 nitrogen and oxygen atoms in total. The lowest BCUT2D eigenvalue weighted by atomic mass is 10.1. The summed E-state index contributed by atoms with van der Waals surface area (Å²) in [6.07, 6.45) is 0. The lowest BCUT2D eigenvalue weighted by Crippen LogP contribution is -2.14. The molecule has 4 heteroatoms. The van der Waals surface area contributed by atoms with E-state index in [-0.39, 0.29) is 11.8 Å². The maximum atomic E-state index is 12.3. The molecule has 0 atom stereocenters. The second kappa shape index (κ2) is 6.22. The van der Waals surface area contributed by atoms with Crippen LogP contribution in [-0.2, 0) is 4.79 Å². The molecule has 0 radical (unpaired) electrons. The maximum absolute atomic E-state index is 12.3. The summed E-state index contributed by atoms with van der Waals surface area (Å²) in [6, 6.07) is 12.8. The molecule has 0 saturated heterocycles. The Morgan fingerprint density at radius 1 is 0.905 bits per heavy atom. The number of hydrogen-bond acceptors (Lipinski definition) is 2. The highest BCUT2D eigenvalue weighted by Crippen LogP contribution is 2.21. The van der Waals surface area contributed by atoms with Crippen LogP contribution in [-0.4, -0.2) is 11.8 Å². The van der Waals surface area contributed by atoms with E-state index in [4.69, 9.17) is 0 Å². The van der Waals surface area contributed by atoms with Gasteiger partial charge in [-0.3, -0.25) is 9.59 Å². The van der Waals surface area contributed by atoms with Gasteiger partial charge in [0.05, 0.1) is 0 Å². The van der Waals surface area contributed by atoms with E-state index in [1.54, 1.807) is 12.1 Å². The predicted molar refractivity (Wildman–Crippen MR) is 84.6 cm³/mol. The molecule has 0 saturated carbocycles. The number of amides is 2. The van der Waals surface area contributed by atoms with Gasteiger partial charge in [0.25, 0.3) is 5.91 Å². The van der Waals surface area contributed by atoms with Crippen LogP contribution in [0.5, 0.6) is 0 Å². The van der Waals surface area contributed by atoms with Gasteiger partial charge in [-0.2, -0.15) is 0 Å². The molecular weight excluding hydrogens is 264 g/mol. The van der Waals surface area contributed by atoms with Crippen molar-refractivity contribution in [1.29, 1.82) is 0 Å². The smallest absolute Gasteiger partial charge is 0.255 e. The number of rotatable bonds is 3. The van der Waals surface area contributed by atoms with Gasteiger partial charge in [0.2, 0.25) is 5.91 Å². The first-order chi connectivity index (χ1) is 9.97. The Balaban J connectivity index is 2.22. The Labute approximate surface area is 124 Å². The Morgan fingerprint density at radius 3 is 2.29 bits per heavy atom. The van der Waals surface area contributed by atoms with Crippen molar-refractivity contribution in [2.45, 2.75) is 20.8 Å². The summed E-state index contributed by atoms with van der Waals surface area (Å²) in [5.41, 5.74) is 3.85. The van der Waals surface area contributed by atoms with Crippen LogP contribution in [0.4, 0.5) is 11.4 Å². The van der Waals surface area contributed by atoms with Gasteiger partial charge in [-0.15, -0.1) is 0 Å². The zero-order valence-electron chi connectivity index (χ0n) is 12.4. The van der Waals surface area contributed by atoms with E-state index >= 15 is 0 Å². The molecular formula is C17H18N2O2. The molecule has 2 amide bonds. The second-order valence-corrected chi connectivity index (χ2v) is 4.98. The molecule has 0 fully saturated rings. The summed E-state index contributed by atoms with van der Waals surface area (Å²) in [5, 5.41) is 5.60. The van der Waals surface area contributed by atoms with Gasteiger partial charge in [0.15, 0.2) is 0 Å². The first kappa shape index (κ1) is 14.8. The summed E-state index contributed by atoms with van der Waals surface area (Å²) in [5.74, 6) is -0.300. The van der Waals surface area contributed by atoms with Crippen molar-refractivity contribution in [3.63, 3.8) is 0 Å². The van der Waals surface area contributed by atoms with E-state index in [0.29, 0.717) is 16.9 Å². The standard InChI is InChI=1S/C17H18N2O2/c1-11-6-4-5-7-15(11)17(21)19-14-9-8-12(2)16(10-14)18-13(3)20/h4-10H,1-3H3,(H,18,20)(H,19,21). The first-order valence-electron chi connectivity index (χ1n) is 6.72. The number of nitrogens with one attached hydrogen (secondary N) is 2. The van der Waals surface area contributed by atoms with Gasteiger partial charge in [-0.1, -0.05) is 24.3 Å². The largest absolute Gasteiger partial charge is 0.326 e. The highest BCUT2D eigenvalue weighted by Gasteiger charge is 2.09. The van der Waals surface area contributed by atoms with E-state index in [2.05, 4.69) is 10.6 Å². The van der Waals surface area contributed by atoms with Gasteiger partial charge < -0.3 is 10.6 Å². The van der Waals surface area contributed by atoms with Crippen molar-refractivity contribution in [3.05, 3.63) is 59.2 Å². The average molecular weight is 282 g/mol. The Bertz CT molecular complexity index is 693. The second-order valence-electron chi connectivity index (χ2n) is 4.98. The number of hydrogen-bond donors (Lipinski definition) is 2. The van der Waals surface area contributed by atoms with Crippen LogP contribution in [0.15, 0.2) is 42.5 Å². The number of anilines is 2. The lowest BCUT2D eigenvalue weighted by Gasteiger charge is -2.11. The SMILES string of the molecule is CC(=O)Nc1cc(NC(=O)c2ccccc2C)ccc1C. The third kappa shape index (κ3) is 3.69. The zero-order valence-corrected chi connectivity index (χ0v) is 12.4. The van der Waals surface area contributed by atoms with Crippen LogP contribution >= 0.6 is 0 Å². The monoisotopic (exact) mass is 282 g/mol. The van der Waals surface area contributed by atoms with Crippen molar-refractivity contribution >= 4 is 23.2 Å². The molecule has 21 heavy (non-hydrogen) atoms. The molecule has 0 unspecified atom stereocenters. The molecule has 0 aromatic heterocycles. The molecule has 0 aliphatic carbocycles. The van der Waals surface area contributed by atoms with E-state index < -0.39 is 0 Å². The van der Waals surface area contributed by atoms with Crippen LogP contribution in [0.25, 0.3) is 0 Å². The van der Waals surface area contributed by atoms with Crippen molar-refractivity contribution in [2.75, 3.05) is 10.6 Å². The molecule has 2 aromatic rings. The quantitative estimate of drug-likeness (QED) is 0.905. The van der Waals surface area contributed by atoms with E-state index in [9.17, 15) is 9.59 Å². The van der Waals surface area contributed by atoms with Crippen molar-refractivity contribution in [2.24, 2.45) is 0 Å². The highest BCUT2D eigenvalue weighted by atomic mass is 16.2. The molecule has 2 rings (SSSR count). The molecule has 0 aliphatic rings. The van der Waals surface area contributed by atoms with Crippen molar-refractivity contribution in [3.8, 4) is 0 Å². The molecule has 0 spiro atoms. The third-order valence-electron chi connectivity index (χ3n) is 3.20. The van der Waals surface area contributed by atoms with Crippen LogP contribution < -0.4 is 10.6 Å². The number of benzene rings is 2. The summed E-state index contributed by atoms with van der Waals surface area (Å²) in [7, 11) is 0. The van der Waals surface area contributed by atoms with Crippen LogP contribution in [0.3, 0.4) is 0 Å². The number of aryl methyl sites for hydroxylation is 2. The van der Waals surface area contributed by atoms with E-state index in [1.807, 2.05) is 44.2 Å². The Kier molecular flexibility index (Phi) is 4.38. The topological polar surface area (TPSA) is 58.2 Å². The van der Waals surface area contributed by atoms with Crippen LogP contribution in [0, 0.1) is 13.8 Å². The van der Waals surface area contributed by atoms with Gasteiger partial charge in [-0.25, -0.2) is 0 Å². The van der Waals surface area contributed by atoms with Crippen LogP contribution in [0.2, 0.25) is 0 Å². The van der Waals surface area contributed by atoms with E-state index in [1.165, 1.54) is 6.92 Å². The Hall–Kier alpha value is -2.62. The maximum Gasteiger partial charge on any atom is 0.255 e. The molecule has 0 bridgehead atoms. The molecule has 0 aliphatic heterocycles. The fraction of sp³-hybridized carbons (Fsp3) is 0.176. The fourth-order valence-electron chi connectivity index (χ4n) is 2.05. The minimum absolute atomic E-state index is 0.138. The summed E-state index contributed by atoms with van der Waals surface area (Å²) in [6.45, 7) is 5.25. The van der Waals surface area contributed by atoms with Crippen LogP contribution in [0.1, 0.15) is 28.4 Å². The highest BCUT2D eigenvalue weighted by molar-refractivity contribution is 6.05. The summed E-state index contributed by atoms with van der Waals surface area (Å²) < 4.78 is 0. The fourth-order valence-corrected chi connectivity index (χ4v) is 2.05. The van der Waals surface area contributed by atoms with Gasteiger partial charge in [0.1, 0.15) is 0 Å². The van der Waals surface area contributed by atoms with Gasteiger partial charge in [-0.05, 0) is 43.2 Å². The minimum atomic E-state index is -0.161. The summed E-state index contributed by atoms with van der Waals surface area (Å²) in [4.78, 5) is 23.4. The molecule has 0 heterocycles. The van der Waals surface area contributed by atoms with E-state index in [0.717, 1.165) is 11.1 Å². The third-order valence-corrected chi connectivity index (χ3v) is 3.20.